The fourth-order valence-corrected chi connectivity index (χ4v) is 1.84. The van der Waals surface area contributed by atoms with Gasteiger partial charge in [-0.05, 0) is 23.8 Å². The quantitative estimate of drug-likeness (QED) is 0.895. The molecule has 2 rings (SSSR count). The molecule has 0 fully saturated rings. The van der Waals surface area contributed by atoms with Crippen molar-refractivity contribution in [2.45, 2.75) is 6.61 Å². The number of aromatic nitrogens is 2. The molecule has 0 atom stereocenters. The smallest absolute Gasteiger partial charge is 0.121 e. The van der Waals surface area contributed by atoms with E-state index in [-0.39, 0.29) is 0 Å². The van der Waals surface area contributed by atoms with Crippen LogP contribution in [0.15, 0.2) is 24.3 Å². The van der Waals surface area contributed by atoms with Crippen LogP contribution in [0.2, 0.25) is 0 Å². The van der Waals surface area contributed by atoms with Gasteiger partial charge in [-0.1, -0.05) is 0 Å². The van der Waals surface area contributed by atoms with Crippen LogP contribution in [0.4, 0.5) is 5.82 Å². The Morgan fingerprint density at radius 3 is 2.61 bits per heavy atom. The van der Waals surface area contributed by atoms with Crippen molar-refractivity contribution in [1.29, 1.82) is 0 Å². The van der Waals surface area contributed by atoms with Gasteiger partial charge >= 0.3 is 0 Å². The number of hydrogen-bond donors (Lipinski definition) is 1. The van der Waals surface area contributed by atoms with Gasteiger partial charge in [-0.15, -0.1) is 0 Å². The van der Waals surface area contributed by atoms with Crippen LogP contribution < -0.4 is 10.5 Å². The fraction of sp³-hybridized carbons (Fsp3) is 0.308. The van der Waals surface area contributed by atoms with Crippen LogP contribution in [0.25, 0.3) is 11.3 Å². The summed E-state index contributed by atoms with van der Waals surface area (Å²) in [5.74, 6) is 1.43. The number of nitrogens with zero attached hydrogens (tertiary/aromatic N) is 2. The maximum absolute atomic E-state index is 5.80. The van der Waals surface area contributed by atoms with Crippen LogP contribution in [0.5, 0.6) is 5.75 Å². The summed E-state index contributed by atoms with van der Waals surface area (Å²) >= 11 is 0. The second kappa shape index (κ2) is 5.10. The predicted octanol–water partition coefficient (Wildman–Crippen LogP) is 1.82. The van der Waals surface area contributed by atoms with Gasteiger partial charge in [0.05, 0.1) is 19.4 Å². The highest BCUT2D eigenvalue weighted by atomic mass is 16.5. The predicted molar refractivity (Wildman–Crippen MR) is 70.3 cm³/mol. The summed E-state index contributed by atoms with van der Waals surface area (Å²) in [6, 6.07) is 7.67. The summed E-state index contributed by atoms with van der Waals surface area (Å²) in [5.41, 5.74) is 8.67. The Bertz CT molecular complexity index is 530. The van der Waals surface area contributed by atoms with E-state index >= 15 is 0 Å². The van der Waals surface area contributed by atoms with Gasteiger partial charge in [-0.2, -0.15) is 5.10 Å². The third kappa shape index (κ3) is 2.31. The molecule has 0 unspecified atom stereocenters. The number of ether oxygens (including phenoxy) is 2. The Balaban J connectivity index is 2.48. The number of nitrogens with two attached hydrogens (primary N) is 1. The topological polar surface area (TPSA) is 62.3 Å². The Kier molecular flexibility index (Phi) is 3.53. The number of rotatable bonds is 4. The highest BCUT2D eigenvalue weighted by Crippen LogP contribution is 2.28. The molecule has 0 saturated carbocycles. The van der Waals surface area contributed by atoms with Crippen molar-refractivity contribution >= 4 is 5.82 Å². The van der Waals surface area contributed by atoms with E-state index in [1.807, 2.05) is 31.3 Å². The Hall–Kier alpha value is -2.01. The summed E-state index contributed by atoms with van der Waals surface area (Å²) in [4.78, 5) is 0. The van der Waals surface area contributed by atoms with Crippen LogP contribution in [0.1, 0.15) is 5.56 Å². The van der Waals surface area contributed by atoms with Crippen molar-refractivity contribution in [1.82, 2.24) is 9.78 Å². The lowest BCUT2D eigenvalue weighted by atomic mass is 10.0. The zero-order valence-electron chi connectivity index (χ0n) is 10.8. The first kappa shape index (κ1) is 12.4. The number of benzene rings is 1. The SMILES string of the molecule is COCc1cc(OC)ccc1-c1cc(N)n(C)n1. The standard InChI is InChI=1S/C13H17N3O2/c1-16-13(14)7-12(15-16)11-5-4-10(18-3)6-9(11)8-17-2/h4-7H,8,14H2,1-3H3. The summed E-state index contributed by atoms with van der Waals surface area (Å²) in [6.45, 7) is 0.503. The molecule has 2 aromatic rings. The minimum absolute atomic E-state index is 0.503. The molecule has 0 amide bonds. The van der Waals surface area contributed by atoms with Gasteiger partial charge < -0.3 is 15.2 Å². The summed E-state index contributed by atoms with van der Waals surface area (Å²) in [5, 5.41) is 4.37. The van der Waals surface area contributed by atoms with E-state index in [4.69, 9.17) is 15.2 Å². The first-order chi connectivity index (χ1) is 8.65. The molecule has 0 bridgehead atoms. The largest absolute Gasteiger partial charge is 0.497 e. The van der Waals surface area contributed by atoms with Gasteiger partial charge in [0.15, 0.2) is 0 Å². The summed E-state index contributed by atoms with van der Waals surface area (Å²) < 4.78 is 12.1. The molecule has 1 aromatic carbocycles. The molecule has 0 spiro atoms. The molecular weight excluding hydrogens is 230 g/mol. The molecule has 18 heavy (non-hydrogen) atoms. The van der Waals surface area contributed by atoms with Crippen molar-refractivity contribution in [2.75, 3.05) is 20.0 Å². The van der Waals surface area contributed by atoms with Crippen molar-refractivity contribution in [3.63, 3.8) is 0 Å². The van der Waals surface area contributed by atoms with E-state index in [0.717, 1.165) is 22.6 Å². The van der Waals surface area contributed by atoms with Crippen molar-refractivity contribution in [2.24, 2.45) is 7.05 Å². The molecule has 0 aliphatic rings. The average Bonchev–Trinajstić information content (AvgIpc) is 2.69. The molecule has 0 aliphatic carbocycles. The lowest BCUT2D eigenvalue weighted by Crippen LogP contribution is -1.97. The molecule has 0 saturated heterocycles. The Morgan fingerprint density at radius 1 is 1.28 bits per heavy atom. The molecule has 2 N–H and O–H groups in total. The lowest BCUT2D eigenvalue weighted by Gasteiger charge is -2.09. The highest BCUT2D eigenvalue weighted by molar-refractivity contribution is 5.67. The normalized spacial score (nSPS) is 10.6. The number of anilines is 1. The van der Waals surface area contributed by atoms with Gasteiger partial charge in [-0.25, -0.2) is 0 Å². The first-order valence-electron chi connectivity index (χ1n) is 5.61. The van der Waals surface area contributed by atoms with E-state index < -0.39 is 0 Å². The maximum atomic E-state index is 5.80. The number of methoxy groups -OCH3 is 2. The summed E-state index contributed by atoms with van der Waals surface area (Å²) in [7, 11) is 5.12. The highest BCUT2D eigenvalue weighted by Gasteiger charge is 2.11. The molecular formula is C13H17N3O2. The molecule has 5 nitrogen and oxygen atoms in total. The number of nitrogen functional groups attached to an aromatic ring is 1. The van der Waals surface area contributed by atoms with Crippen LogP contribution in [-0.2, 0) is 18.4 Å². The second-order valence-electron chi connectivity index (χ2n) is 4.03. The molecule has 96 valence electrons. The van der Waals surface area contributed by atoms with Gasteiger partial charge in [0.25, 0.3) is 0 Å². The molecule has 0 radical (unpaired) electrons. The Labute approximate surface area is 106 Å². The first-order valence-corrected chi connectivity index (χ1v) is 5.61. The lowest BCUT2D eigenvalue weighted by molar-refractivity contribution is 0.185. The van der Waals surface area contributed by atoms with E-state index in [0.29, 0.717) is 12.4 Å². The fourth-order valence-electron chi connectivity index (χ4n) is 1.84. The van der Waals surface area contributed by atoms with Gasteiger partial charge in [0.1, 0.15) is 11.6 Å². The molecule has 1 heterocycles. The van der Waals surface area contributed by atoms with Crippen LogP contribution in [0, 0.1) is 0 Å². The van der Waals surface area contributed by atoms with Crippen molar-refractivity contribution < 1.29 is 9.47 Å². The van der Waals surface area contributed by atoms with Gasteiger partial charge in [0.2, 0.25) is 0 Å². The third-order valence-electron chi connectivity index (χ3n) is 2.80. The third-order valence-corrected chi connectivity index (χ3v) is 2.80. The number of aryl methyl sites for hydroxylation is 1. The number of hydrogen-bond acceptors (Lipinski definition) is 4. The van der Waals surface area contributed by atoms with Crippen LogP contribution >= 0.6 is 0 Å². The zero-order valence-corrected chi connectivity index (χ0v) is 10.8. The zero-order chi connectivity index (χ0) is 13.1. The van der Waals surface area contributed by atoms with Crippen molar-refractivity contribution in [3.05, 3.63) is 29.8 Å². The van der Waals surface area contributed by atoms with Crippen molar-refractivity contribution in [3.8, 4) is 17.0 Å². The van der Waals surface area contributed by atoms with E-state index in [2.05, 4.69) is 5.10 Å². The minimum atomic E-state index is 0.503. The molecule has 1 aromatic heterocycles. The van der Waals surface area contributed by atoms with E-state index in [1.165, 1.54) is 0 Å². The maximum Gasteiger partial charge on any atom is 0.121 e. The Morgan fingerprint density at radius 2 is 2.06 bits per heavy atom. The van der Waals surface area contributed by atoms with Crippen LogP contribution in [0.3, 0.4) is 0 Å². The average molecular weight is 247 g/mol. The van der Waals surface area contributed by atoms with E-state index in [1.54, 1.807) is 18.9 Å². The minimum Gasteiger partial charge on any atom is -0.497 e. The van der Waals surface area contributed by atoms with Gasteiger partial charge in [-0.3, -0.25) is 4.68 Å². The molecule has 5 heteroatoms. The van der Waals surface area contributed by atoms with Crippen LogP contribution in [-0.4, -0.2) is 24.0 Å². The second-order valence-corrected chi connectivity index (χ2v) is 4.03. The van der Waals surface area contributed by atoms with E-state index in [9.17, 15) is 0 Å². The molecule has 0 aliphatic heterocycles. The monoisotopic (exact) mass is 247 g/mol. The van der Waals surface area contributed by atoms with Gasteiger partial charge in [0, 0.05) is 25.8 Å². The summed E-state index contributed by atoms with van der Waals surface area (Å²) in [6.07, 6.45) is 0.